The van der Waals surface area contributed by atoms with E-state index in [0.717, 1.165) is 6.42 Å². The van der Waals surface area contributed by atoms with Gasteiger partial charge < -0.3 is 0 Å². The normalized spacial score (nSPS) is 13.1. The minimum atomic E-state index is -4.03. The fourth-order valence-corrected chi connectivity index (χ4v) is 3.04. The van der Waals surface area contributed by atoms with Crippen LogP contribution in [-0.2, 0) is 10.0 Å². The highest BCUT2D eigenvalue weighted by Crippen LogP contribution is 2.23. The number of pyridine rings is 1. The van der Waals surface area contributed by atoms with Crippen molar-refractivity contribution in [1.29, 1.82) is 0 Å². The number of aromatic nitrogens is 3. The maximum absolute atomic E-state index is 13.5. The van der Waals surface area contributed by atoms with E-state index >= 15 is 0 Å². The standard InChI is InChI=1S/C13H17FN4O2S/c1-4-9(2)18-10(3)11(8-16-18)17-21(19,20)12-6-5-7-15-13(12)14/h5-9,17H,4H2,1-3H3/t9-/m1/s1. The summed E-state index contributed by atoms with van der Waals surface area (Å²) in [6.45, 7) is 5.76. The van der Waals surface area contributed by atoms with E-state index in [2.05, 4.69) is 14.8 Å². The Morgan fingerprint density at radius 2 is 2.19 bits per heavy atom. The third-order valence-corrected chi connectivity index (χ3v) is 4.68. The van der Waals surface area contributed by atoms with Crippen molar-refractivity contribution in [2.75, 3.05) is 4.72 Å². The first-order chi connectivity index (χ1) is 9.86. The van der Waals surface area contributed by atoms with E-state index in [-0.39, 0.29) is 6.04 Å². The third kappa shape index (κ3) is 3.05. The zero-order valence-corrected chi connectivity index (χ0v) is 12.9. The highest BCUT2D eigenvalue weighted by atomic mass is 32.2. The van der Waals surface area contributed by atoms with Gasteiger partial charge >= 0.3 is 0 Å². The zero-order valence-electron chi connectivity index (χ0n) is 12.0. The lowest BCUT2D eigenvalue weighted by atomic mass is 10.2. The van der Waals surface area contributed by atoms with Crippen LogP contribution < -0.4 is 4.72 Å². The molecule has 2 aromatic heterocycles. The quantitative estimate of drug-likeness (QED) is 0.861. The Bertz CT molecular complexity index is 742. The van der Waals surface area contributed by atoms with E-state index < -0.39 is 20.9 Å². The van der Waals surface area contributed by atoms with Crippen LogP contribution in [0.5, 0.6) is 0 Å². The van der Waals surface area contributed by atoms with Gasteiger partial charge in [-0.1, -0.05) is 6.92 Å². The average Bonchev–Trinajstić information content (AvgIpc) is 2.79. The Hall–Kier alpha value is -1.96. The van der Waals surface area contributed by atoms with Gasteiger partial charge in [0.2, 0.25) is 5.95 Å². The molecule has 0 amide bonds. The number of sulfonamides is 1. The minimum Gasteiger partial charge on any atom is -0.276 e. The van der Waals surface area contributed by atoms with Gasteiger partial charge in [0.15, 0.2) is 0 Å². The van der Waals surface area contributed by atoms with Gasteiger partial charge in [0.1, 0.15) is 4.90 Å². The first-order valence-corrected chi connectivity index (χ1v) is 8.02. The second kappa shape index (κ2) is 5.80. The smallest absolute Gasteiger partial charge is 0.266 e. The summed E-state index contributed by atoms with van der Waals surface area (Å²) in [6, 6.07) is 2.69. The Kier molecular flexibility index (Phi) is 4.26. The number of halogens is 1. The number of anilines is 1. The second-order valence-electron chi connectivity index (χ2n) is 4.74. The molecule has 1 N–H and O–H groups in total. The average molecular weight is 312 g/mol. The van der Waals surface area contributed by atoms with Crippen molar-refractivity contribution in [1.82, 2.24) is 14.8 Å². The van der Waals surface area contributed by atoms with E-state index in [1.54, 1.807) is 11.6 Å². The predicted octanol–water partition coefficient (Wildman–Crippen LogP) is 2.50. The van der Waals surface area contributed by atoms with E-state index in [1.807, 2.05) is 13.8 Å². The van der Waals surface area contributed by atoms with Crippen molar-refractivity contribution < 1.29 is 12.8 Å². The summed E-state index contributed by atoms with van der Waals surface area (Å²) in [7, 11) is -4.03. The Labute approximate surface area is 123 Å². The highest BCUT2D eigenvalue weighted by molar-refractivity contribution is 7.92. The molecule has 0 bridgehead atoms. The molecule has 0 saturated heterocycles. The fraction of sp³-hybridized carbons (Fsp3) is 0.385. The molecule has 0 spiro atoms. The summed E-state index contributed by atoms with van der Waals surface area (Å²) in [5.74, 6) is -1.03. The molecule has 0 aliphatic heterocycles. The molecule has 2 heterocycles. The van der Waals surface area contributed by atoms with Crippen LogP contribution in [0.4, 0.5) is 10.1 Å². The van der Waals surface area contributed by atoms with Crippen LogP contribution in [-0.4, -0.2) is 23.2 Å². The molecule has 21 heavy (non-hydrogen) atoms. The van der Waals surface area contributed by atoms with Crippen molar-refractivity contribution in [2.45, 2.75) is 38.1 Å². The lowest BCUT2D eigenvalue weighted by molar-refractivity contribution is 0.468. The Morgan fingerprint density at radius 1 is 1.48 bits per heavy atom. The van der Waals surface area contributed by atoms with E-state index in [1.165, 1.54) is 24.5 Å². The van der Waals surface area contributed by atoms with Gasteiger partial charge in [-0.3, -0.25) is 9.40 Å². The predicted molar refractivity (Wildman–Crippen MR) is 77.0 cm³/mol. The van der Waals surface area contributed by atoms with Gasteiger partial charge in [-0.2, -0.15) is 9.49 Å². The van der Waals surface area contributed by atoms with Crippen molar-refractivity contribution in [3.05, 3.63) is 36.2 Å². The highest BCUT2D eigenvalue weighted by Gasteiger charge is 2.22. The topological polar surface area (TPSA) is 76.9 Å². The van der Waals surface area contributed by atoms with Gasteiger partial charge in [0, 0.05) is 12.2 Å². The number of rotatable bonds is 5. The Morgan fingerprint density at radius 3 is 2.81 bits per heavy atom. The van der Waals surface area contributed by atoms with E-state index in [4.69, 9.17) is 0 Å². The minimum absolute atomic E-state index is 0.151. The van der Waals surface area contributed by atoms with Crippen molar-refractivity contribution >= 4 is 15.7 Å². The summed E-state index contributed by atoms with van der Waals surface area (Å²) in [4.78, 5) is 2.86. The van der Waals surface area contributed by atoms with Crippen LogP contribution >= 0.6 is 0 Å². The largest absolute Gasteiger partial charge is 0.276 e. The summed E-state index contributed by atoms with van der Waals surface area (Å²) in [6.07, 6.45) is 3.49. The molecule has 2 rings (SSSR count). The van der Waals surface area contributed by atoms with Crippen molar-refractivity contribution in [3.8, 4) is 0 Å². The van der Waals surface area contributed by atoms with Gasteiger partial charge in [-0.25, -0.2) is 13.4 Å². The van der Waals surface area contributed by atoms with Crippen LogP contribution in [0.25, 0.3) is 0 Å². The van der Waals surface area contributed by atoms with Crippen molar-refractivity contribution in [2.24, 2.45) is 0 Å². The van der Waals surface area contributed by atoms with Crippen LogP contribution in [0.3, 0.4) is 0 Å². The number of hydrogen-bond donors (Lipinski definition) is 1. The maximum atomic E-state index is 13.5. The molecule has 114 valence electrons. The molecule has 8 heteroatoms. The van der Waals surface area contributed by atoms with Crippen LogP contribution in [0.1, 0.15) is 32.0 Å². The first-order valence-electron chi connectivity index (χ1n) is 6.54. The fourth-order valence-electron chi connectivity index (χ4n) is 1.91. The molecule has 0 aliphatic rings. The molecule has 0 aliphatic carbocycles. The van der Waals surface area contributed by atoms with E-state index in [0.29, 0.717) is 11.4 Å². The molecule has 0 saturated carbocycles. The van der Waals surface area contributed by atoms with Crippen LogP contribution in [0, 0.1) is 12.9 Å². The molecule has 6 nitrogen and oxygen atoms in total. The number of nitrogens with one attached hydrogen (secondary N) is 1. The number of hydrogen-bond acceptors (Lipinski definition) is 4. The third-order valence-electron chi connectivity index (χ3n) is 3.31. The summed E-state index contributed by atoms with van der Waals surface area (Å²) >= 11 is 0. The maximum Gasteiger partial charge on any atom is 0.266 e. The van der Waals surface area contributed by atoms with Gasteiger partial charge in [-0.05, 0) is 32.4 Å². The summed E-state index contributed by atoms with van der Waals surface area (Å²) in [5, 5.41) is 4.17. The lowest BCUT2D eigenvalue weighted by Crippen LogP contribution is -2.16. The SMILES string of the molecule is CC[C@@H](C)n1ncc(NS(=O)(=O)c2cccnc2F)c1C. The van der Waals surface area contributed by atoms with Gasteiger partial charge in [0.25, 0.3) is 10.0 Å². The van der Waals surface area contributed by atoms with Crippen LogP contribution in [0.2, 0.25) is 0 Å². The Balaban J connectivity index is 2.34. The monoisotopic (exact) mass is 312 g/mol. The van der Waals surface area contributed by atoms with E-state index in [9.17, 15) is 12.8 Å². The molecule has 0 aromatic carbocycles. The van der Waals surface area contributed by atoms with Gasteiger partial charge in [0.05, 0.1) is 17.6 Å². The van der Waals surface area contributed by atoms with Crippen LogP contribution in [0.15, 0.2) is 29.4 Å². The molecule has 2 aromatic rings. The lowest BCUT2D eigenvalue weighted by Gasteiger charge is -2.12. The first kappa shape index (κ1) is 15.4. The molecular formula is C13H17FN4O2S. The molecule has 0 fully saturated rings. The number of nitrogens with zero attached hydrogens (tertiary/aromatic N) is 3. The summed E-state index contributed by atoms with van der Waals surface area (Å²) < 4.78 is 42.0. The van der Waals surface area contributed by atoms with Crippen molar-refractivity contribution in [3.63, 3.8) is 0 Å². The molecule has 0 unspecified atom stereocenters. The zero-order chi connectivity index (χ0) is 15.6. The molecule has 0 radical (unpaired) electrons. The molecule has 1 atom stereocenters. The summed E-state index contributed by atoms with van der Waals surface area (Å²) in [5.41, 5.74) is 1.01. The van der Waals surface area contributed by atoms with Gasteiger partial charge in [-0.15, -0.1) is 0 Å². The second-order valence-corrected chi connectivity index (χ2v) is 6.39. The molecular weight excluding hydrogens is 295 g/mol.